The number of aromatic hydroxyl groups is 1. The van der Waals surface area contributed by atoms with Gasteiger partial charge in [0, 0.05) is 47.2 Å². The Bertz CT molecular complexity index is 1420. The largest absolute Gasteiger partial charge is 0.508 e. The summed E-state index contributed by atoms with van der Waals surface area (Å²) in [6.07, 6.45) is 0.578. The quantitative estimate of drug-likeness (QED) is 0.383. The van der Waals surface area contributed by atoms with Crippen molar-refractivity contribution in [3.63, 3.8) is 0 Å². The van der Waals surface area contributed by atoms with Crippen molar-refractivity contribution in [2.75, 3.05) is 19.6 Å². The molecule has 2 aliphatic heterocycles. The Morgan fingerprint density at radius 3 is 2.68 bits per heavy atom. The zero-order valence-corrected chi connectivity index (χ0v) is 23.4. The predicted molar refractivity (Wildman–Crippen MR) is 149 cm³/mol. The zero-order valence-electron chi connectivity index (χ0n) is 23.4. The third-order valence-electron chi connectivity index (χ3n) is 9.53. The lowest BCUT2D eigenvalue weighted by molar-refractivity contribution is -0.138. The van der Waals surface area contributed by atoms with E-state index in [0.29, 0.717) is 23.8 Å². The van der Waals surface area contributed by atoms with Gasteiger partial charge in [-0.15, -0.1) is 6.58 Å². The zero-order chi connectivity index (χ0) is 29.1. The first-order chi connectivity index (χ1) is 19.5. The number of phenols is 1. The highest BCUT2D eigenvalue weighted by atomic mass is 19.4. The van der Waals surface area contributed by atoms with E-state index in [1.54, 1.807) is 6.07 Å². The minimum Gasteiger partial charge on any atom is -0.508 e. The fourth-order valence-electron chi connectivity index (χ4n) is 8.02. The van der Waals surface area contributed by atoms with E-state index in [1.165, 1.54) is 12.1 Å². The summed E-state index contributed by atoms with van der Waals surface area (Å²) in [5.74, 6) is 6.79. The van der Waals surface area contributed by atoms with Crippen molar-refractivity contribution in [3.8, 4) is 23.3 Å². The molecule has 2 aliphatic carbocycles. The second-order valence-corrected chi connectivity index (χ2v) is 12.2. The number of halogens is 3. The SMILES string of the molecule is C=CCN1CC[C@@]23c4c5ccc(O)c4C[C@@H]1[C@@H]2CC[C@H](N(CC(C)C)C(=O)C#Cc1ccc(C(F)(F)F)cc1)[C@@H]3O5. The lowest BCUT2D eigenvalue weighted by atomic mass is 9.51. The molecule has 216 valence electrons. The summed E-state index contributed by atoms with van der Waals surface area (Å²) in [5.41, 5.74) is 1.39. The number of rotatable bonds is 5. The number of carbonyl (C=O) groups is 1. The van der Waals surface area contributed by atoms with Gasteiger partial charge in [0.2, 0.25) is 0 Å². The molecule has 2 fully saturated rings. The second kappa shape index (κ2) is 10.1. The van der Waals surface area contributed by atoms with Crippen molar-refractivity contribution in [3.05, 3.63) is 71.3 Å². The lowest BCUT2D eigenvalue weighted by Gasteiger charge is -2.60. The van der Waals surface area contributed by atoms with Gasteiger partial charge in [0.25, 0.3) is 5.91 Å². The van der Waals surface area contributed by atoms with Gasteiger partial charge in [-0.2, -0.15) is 13.2 Å². The summed E-state index contributed by atoms with van der Waals surface area (Å²) >= 11 is 0. The number of hydrogen-bond acceptors (Lipinski definition) is 4. The average Bonchev–Trinajstić information content (AvgIpc) is 3.26. The molecule has 0 radical (unpaired) electrons. The summed E-state index contributed by atoms with van der Waals surface area (Å²) < 4.78 is 45.7. The van der Waals surface area contributed by atoms with Crippen LogP contribution < -0.4 is 4.74 Å². The second-order valence-electron chi connectivity index (χ2n) is 12.2. The van der Waals surface area contributed by atoms with Gasteiger partial charge >= 0.3 is 6.18 Å². The first-order valence-electron chi connectivity index (χ1n) is 14.4. The maximum absolute atomic E-state index is 13.7. The van der Waals surface area contributed by atoms with Crippen LogP contribution in [0.25, 0.3) is 0 Å². The van der Waals surface area contributed by atoms with Crippen molar-refractivity contribution in [1.29, 1.82) is 0 Å². The molecule has 2 bridgehead atoms. The van der Waals surface area contributed by atoms with Gasteiger partial charge in [0.15, 0.2) is 0 Å². The molecule has 5 atom stereocenters. The van der Waals surface area contributed by atoms with Crippen molar-refractivity contribution in [2.45, 2.75) is 69.3 Å². The van der Waals surface area contributed by atoms with Gasteiger partial charge in [-0.05, 0) is 80.5 Å². The van der Waals surface area contributed by atoms with Crippen LogP contribution in [0.4, 0.5) is 13.2 Å². The molecule has 2 aromatic carbocycles. The number of alkyl halides is 3. The van der Waals surface area contributed by atoms with E-state index in [-0.39, 0.29) is 35.4 Å². The summed E-state index contributed by atoms with van der Waals surface area (Å²) in [6.45, 7) is 10.2. The van der Waals surface area contributed by atoms with Crippen LogP contribution in [0, 0.1) is 23.7 Å². The number of nitrogens with zero attached hydrogens (tertiary/aromatic N) is 2. The van der Waals surface area contributed by atoms with Crippen molar-refractivity contribution < 1.29 is 27.8 Å². The topological polar surface area (TPSA) is 53.0 Å². The Morgan fingerprint density at radius 2 is 2.00 bits per heavy atom. The van der Waals surface area contributed by atoms with E-state index >= 15 is 0 Å². The summed E-state index contributed by atoms with van der Waals surface area (Å²) in [4.78, 5) is 18.0. The molecule has 0 aromatic heterocycles. The van der Waals surface area contributed by atoms with Crippen LogP contribution in [0.2, 0.25) is 0 Å². The number of phenolic OH excluding ortho intramolecular Hbond substituents is 1. The van der Waals surface area contributed by atoms with Gasteiger partial charge in [0.05, 0.1) is 11.6 Å². The van der Waals surface area contributed by atoms with Crippen LogP contribution in [-0.2, 0) is 22.8 Å². The van der Waals surface area contributed by atoms with Gasteiger partial charge in [-0.1, -0.05) is 25.8 Å². The van der Waals surface area contributed by atoms with E-state index < -0.39 is 11.7 Å². The third kappa shape index (κ3) is 4.50. The molecule has 1 saturated carbocycles. The third-order valence-corrected chi connectivity index (χ3v) is 9.53. The molecular formula is C33H35F3N2O3. The molecule has 6 rings (SSSR count). The Morgan fingerprint density at radius 1 is 1.24 bits per heavy atom. The normalized spacial score (nSPS) is 27.9. The number of hydrogen-bond donors (Lipinski definition) is 1. The van der Waals surface area contributed by atoms with Gasteiger partial charge < -0.3 is 14.7 Å². The van der Waals surface area contributed by atoms with Gasteiger partial charge in [0.1, 0.15) is 17.6 Å². The monoisotopic (exact) mass is 564 g/mol. The van der Waals surface area contributed by atoms with Crippen LogP contribution in [-0.4, -0.2) is 58.6 Å². The Kier molecular flexibility index (Phi) is 6.85. The maximum Gasteiger partial charge on any atom is 0.416 e. The molecule has 8 heteroatoms. The van der Waals surface area contributed by atoms with Gasteiger partial charge in [-0.25, -0.2) is 0 Å². The van der Waals surface area contributed by atoms with Crippen LogP contribution in [0.3, 0.4) is 0 Å². The molecule has 1 spiro atoms. The summed E-state index contributed by atoms with van der Waals surface area (Å²) in [6, 6.07) is 8.19. The molecule has 2 heterocycles. The van der Waals surface area contributed by atoms with Crippen molar-refractivity contribution >= 4 is 5.91 Å². The number of carbonyl (C=O) groups excluding carboxylic acids is 1. The van der Waals surface area contributed by atoms with Crippen molar-refractivity contribution in [2.24, 2.45) is 11.8 Å². The number of likely N-dealkylation sites (tertiary alicyclic amines) is 1. The molecule has 0 unspecified atom stereocenters. The standard InChI is InChI=1S/C33H35F3N2O3/c1-4-16-37-17-15-32-24-10-11-25(31(32)41-28-13-12-27(39)23(30(28)32)18-26(24)37)38(19-20(2)3)29(40)14-7-21-5-8-22(9-6-21)33(34,35)36/h4-6,8-9,12-13,20,24-26,31,39H,1,10-11,15-19H2,2-3H3/t24-,25-,26+,31-,32-/m0/s1. The molecule has 4 aliphatic rings. The first kappa shape index (κ1) is 27.7. The minimum atomic E-state index is -4.43. The molecule has 1 N–H and O–H groups in total. The van der Waals surface area contributed by atoms with E-state index in [4.69, 9.17) is 4.74 Å². The number of benzene rings is 2. The highest BCUT2D eigenvalue weighted by molar-refractivity contribution is 5.94. The van der Waals surface area contributed by atoms with E-state index in [2.05, 4.69) is 37.2 Å². The van der Waals surface area contributed by atoms with E-state index in [0.717, 1.165) is 67.8 Å². The summed E-state index contributed by atoms with van der Waals surface area (Å²) in [5, 5.41) is 10.9. The smallest absolute Gasteiger partial charge is 0.416 e. The molecule has 2 aromatic rings. The molecule has 41 heavy (non-hydrogen) atoms. The van der Waals surface area contributed by atoms with E-state index in [1.807, 2.05) is 17.0 Å². The Labute approximate surface area is 239 Å². The van der Waals surface area contributed by atoms with Crippen molar-refractivity contribution in [1.82, 2.24) is 9.80 Å². The lowest BCUT2D eigenvalue weighted by Crippen LogP contribution is -2.69. The minimum absolute atomic E-state index is 0.180. The number of piperidine rings is 1. The average molecular weight is 565 g/mol. The van der Waals surface area contributed by atoms with E-state index in [9.17, 15) is 23.1 Å². The van der Waals surface area contributed by atoms with Crippen LogP contribution in [0.5, 0.6) is 11.5 Å². The first-order valence-corrected chi connectivity index (χ1v) is 14.4. The molecule has 5 nitrogen and oxygen atoms in total. The number of ether oxygens (including phenoxy) is 1. The highest BCUT2D eigenvalue weighted by Crippen LogP contribution is 2.63. The Hall–Kier alpha value is -3.44. The molecule has 1 saturated heterocycles. The molecular weight excluding hydrogens is 529 g/mol. The van der Waals surface area contributed by atoms with Crippen LogP contribution in [0.1, 0.15) is 55.4 Å². The molecule has 1 amide bonds. The van der Waals surface area contributed by atoms with Crippen LogP contribution >= 0.6 is 0 Å². The number of amides is 1. The summed E-state index contributed by atoms with van der Waals surface area (Å²) in [7, 11) is 0. The predicted octanol–water partition coefficient (Wildman–Crippen LogP) is 5.54. The van der Waals surface area contributed by atoms with Gasteiger partial charge in [-0.3, -0.25) is 9.69 Å². The highest BCUT2D eigenvalue weighted by Gasteiger charge is 2.66. The fraction of sp³-hybridized carbons (Fsp3) is 0.485. The Balaban J connectivity index is 1.35. The van der Waals surface area contributed by atoms with Crippen LogP contribution in [0.15, 0.2) is 49.1 Å². The maximum atomic E-state index is 13.7. The fourth-order valence-corrected chi connectivity index (χ4v) is 8.02.